The molecule has 0 spiro atoms. The first-order valence-electron chi connectivity index (χ1n) is 8.81. The number of benzene rings is 1. The molecular formula is C19H28N2O4. The zero-order valence-electron chi connectivity index (χ0n) is 15.6. The smallest absolute Gasteiger partial charge is 0.270 e. The normalized spacial score (nSPS) is 15.5. The Morgan fingerprint density at radius 2 is 2.12 bits per heavy atom. The lowest BCUT2D eigenvalue weighted by Crippen LogP contribution is -2.53. The Labute approximate surface area is 149 Å². The maximum atomic E-state index is 12.7. The van der Waals surface area contributed by atoms with Crippen LogP contribution in [0.25, 0.3) is 0 Å². The van der Waals surface area contributed by atoms with Crippen molar-refractivity contribution in [3.05, 3.63) is 23.8 Å². The Hall–Kier alpha value is -2.08. The number of anilines is 1. The van der Waals surface area contributed by atoms with Gasteiger partial charge in [0.25, 0.3) is 5.91 Å². The highest BCUT2D eigenvalue weighted by atomic mass is 16.5. The van der Waals surface area contributed by atoms with Crippen LogP contribution in [0.4, 0.5) is 5.69 Å². The molecule has 0 bridgehead atoms. The van der Waals surface area contributed by atoms with Crippen LogP contribution in [0.3, 0.4) is 0 Å². The maximum Gasteiger partial charge on any atom is 0.270 e. The molecule has 0 unspecified atom stereocenters. The molecule has 0 fully saturated rings. The minimum absolute atomic E-state index is 0.0669. The second kappa shape index (κ2) is 8.34. The quantitative estimate of drug-likeness (QED) is 0.733. The predicted molar refractivity (Wildman–Crippen MR) is 97.0 cm³/mol. The Morgan fingerprint density at radius 1 is 1.36 bits per heavy atom. The van der Waals surface area contributed by atoms with Crippen molar-refractivity contribution in [1.82, 2.24) is 5.32 Å². The van der Waals surface area contributed by atoms with Gasteiger partial charge >= 0.3 is 0 Å². The van der Waals surface area contributed by atoms with Gasteiger partial charge in [-0.3, -0.25) is 9.59 Å². The van der Waals surface area contributed by atoms with Gasteiger partial charge in [-0.2, -0.15) is 0 Å². The van der Waals surface area contributed by atoms with Crippen molar-refractivity contribution < 1.29 is 19.1 Å². The molecule has 25 heavy (non-hydrogen) atoms. The Morgan fingerprint density at radius 3 is 2.84 bits per heavy atom. The van der Waals surface area contributed by atoms with Gasteiger partial charge in [0.1, 0.15) is 5.75 Å². The van der Waals surface area contributed by atoms with Crippen LogP contribution in [0.2, 0.25) is 0 Å². The number of carbonyl (C=O) groups excluding carboxylic acids is 2. The topological polar surface area (TPSA) is 67.9 Å². The number of amides is 2. The van der Waals surface area contributed by atoms with Crippen molar-refractivity contribution in [2.75, 3.05) is 31.2 Å². The number of fused-ring (bicyclic) bond motifs is 1. The van der Waals surface area contributed by atoms with Crippen molar-refractivity contribution in [2.24, 2.45) is 0 Å². The number of hydrogen-bond donors (Lipinski definition) is 1. The van der Waals surface area contributed by atoms with Crippen LogP contribution in [0.15, 0.2) is 18.2 Å². The number of rotatable bonds is 8. The summed E-state index contributed by atoms with van der Waals surface area (Å²) in [5, 5.41) is 2.86. The average Bonchev–Trinajstić information content (AvgIpc) is 2.56. The van der Waals surface area contributed by atoms with Gasteiger partial charge in [0.05, 0.1) is 5.69 Å². The molecule has 6 heteroatoms. The summed E-state index contributed by atoms with van der Waals surface area (Å²) in [4.78, 5) is 26.4. The van der Waals surface area contributed by atoms with Crippen LogP contribution in [-0.2, 0) is 14.3 Å². The van der Waals surface area contributed by atoms with Crippen LogP contribution in [-0.4, -0.2) is 43.7 Å². The molecule has 2 amide bonds. The van der Waals surface area contributed by atoms with Crippen molar-refractivity contribution >= 4 is 17.5 Å². The third-order valence-corrected chi connectivity index (χ3v) is 4.08. The van der Waals surface area contributed by atoms with Crippen LogP contribution in [0.5, 0.6) is 5.75 Å². The number of aryl methyl sites for hydroxylation is 1. The highest BCUT2D eigenvalue weighted by Gasteiger charge is 2.40. The summed E-state index contributed by atoms with van der Waals surface area (Å²) in [6.07, 6.45) is 1.04. The molecule has 1 N–H and O–H groups in total. The molecule has 1 aromatic rings. The third-order valence-electron chi connectivity index (χ3n) is 4.08. The third kappa shape index (κ3) is 4.95. The first-order chi connectivity index (χ1) is 11.8. The largest absolute Gasteiger partial charge is 0.476 e. The summed E-state index contributed by atoms with van der Waals surface area (Å²) in [6.45, 7) is 9.64. The first-order valence-corrected chi connectivity index (χ1v) is 8.81. The van der Waals surface area contributed by atoms with Crippen molar-refractivity contribution in [3.8, 4) is 5.75 Å². The standard InChI is InChI=1S/C19H28N2O4/c1-5-24-12-6-10-20-17(22)9-11-21-15-13-14(2)7-8-16(15)25-19(3,4)18(21)23/h7-8,13H,5-6,9-12H2,1-4H3,(H,20,22). The van der Waals surface area contributed by atoms with Crippen LogP contribution >= 0.6 is 0 Å². The summed E-state index contributed by atoms with van der Waals surface area (Å²) in [5.41, 5.74) is 0.838. The summed E-state index contributed by atoms with van der Waals surface area (Å²) in [5.74, 6) is 0.477. The number of carbonyl (C=O) groups is 2. The number of ether oxygens (including phenoxy) is 2. The fourth-order valence-electron chi connectivity index (χ4n) is 2.75. The first kappa shape index (κ1) is 19.2. The van der Waals surface area contributed by atoms with Crippen LogP contribution in [0, 0.1) is 6.92 Å². The van der Waals surface area contributed by atoms with Gasteiger partial charge < -0.3 is 19.7 Å². The number of hydrogen-bond acceptors (Lipinski definition) is 4. The lowest BCUT2D eigenvalue weighted by atomic mass is 10.0. The average molecular weight is 348 g/mol. The van der Waals surface area contributed by atoms with Gasteiger partial charge in [0.2, 0.25) is 5.91 Å². The van der Waals surface area contributed by atoms with Crippen LogP contribution in [0.1, 0.15) is 39.2 Å². The van der Waals surface area contributed by atoms with E-state index in [-0.39, 0.29) is 18.2 Å². The molecular weight excluding hydrogens is 320 g/mol. The lowest BCUT2D eigenvalue weighted by Gasteiger charge is -2.38. The fraction of sp³-hybridized carbons (Fsp3) is 0.579. The molecule has 0 aliphatic carbocycles. The molecule has 0 saturated heterocycles. The molecule has 1 aliphatic heterocycles. The van der Waals surface area contributed by atoms with E-state index in [1.54, 1.807) is 18.7 Å². The van der Waals surface area contributed by atoms with E-state index < -0.39 is 5.60 Å². The maximum absolute atomic E-state index is 12.7. The number of nitrogens with zero attached hydrogens (tertiary/aromatic N) is 1. The summed E-state index contributed by atoms with van der Waals surface area (Å²) in [6, 6.07) is 5.75. The number of nitrogens with one attached hydrogen (secondary N) is 1. The zero-order valence-corrected chi connectivity index (χ0v) is 15.6. The van der Waals surface area contributed by atoms with Gasteiger partial charge in [-0.15, -0.1) is 0 Å². The molecule has 1 aromatic carbocycles. The van der Waals surface area contributed by atoms with E-state index in [0.717, 1.165) is 17.7 Å². The van der Waals surface area contributed by atoms with Crippen LogP contribution < -0.4 is 15.0 Å². The highest BCUT2D eigenvalue weighted by Crippen LogP contribution is 2.38. The monoisotopic (exact) mass is 348 g/mol. The molecule has 6 nitrogen and oxygen atoms in total. The SMILES string of the molecule is CCOCCCNC(=O)CCN1C(=O)C(C)(C)Oc2ccc(C)cc21. The summed E-state index contributed by atoms with van der Waals surface area (Å²) < 4.78 is 11.1. The van der Waals surface area contributed by atoms with E-state index in [2.05, 4.69) is 5.32 Å². The van der Waals surface area contributed by atoms with Gasteiger partial charge in [0, 0.05) is 32.7 Å². The Bertz CT molecular complexity index is 628. The molecule has 0 saturated carbocycles. The fourth-order valence-corrected chi connectivity index (χ4v) is 2.75. The molecule has 0 radical (unpaired) electrons. The van der Waals surface area contributed by atoms with E-state index in [1.807, 2.05) is 32.0 Å². The Balaban J connectivity index is 1.97. The highest BCUT2D eigenvalue weighted by molar-refractivity contribution is 6.02. The molecule has 1 aliphatic rings. The van der Waals surface area contributed by atoms with E-state index in [1.165, 1.54) is 0 Å². The summed E-state index contributed by atoms with van der Waals surface area (Å²) >= 11 is 0. The van der Waals surface area contributed by atoms with E-state index in [4.69, 9.17) is 9.47 Å². The van der Waals surface area contributed by atoms with E-state index in [9.17, 15) is 9.59 Å². The van der Waals surface area contributed by atoms with E-state index >= 15 is 0 Å². The Kier molecular flexibility index (Phi) is 6.42. The molecule has 138 valence electrons. The molecule has 0 atom stereocenters. The van der Waals surface area contributed by atoms with Crippen molar-refractivity contribution in [2.45, 2.75) is 46.1 Å². The van der Waals surface area contributed by atoms with Gasteiger partial charge in [-0.25, -0.2) is 0 Å². The van der Waals surface area contributed by atoms with Gasteiger partial charge in [-0.05, 0) is 51.8 Å². The minimum Gasteiger partial charge on any atom is -0.476 e. The molecule has 1 heterocycles. The molecule has 2 rings (SSSR count). The van der Waals surface area contributed by atoms with E-state index in [0.29, 0.717) is 32.1 Å². The van der Waals surface area contributed by atoms with Crippen molar-refractivity contribution in [3.63, 3.8) is 0 Å². The predicted octanol–water partition coefficient (Wildman–Crippen LogP) is 2.43. The molecule has 0 aromatic heterocycles. The second-order valence-electron chi connectivity index (χ2n) is 6.69. The zero-order chi connectivity index (χ0) is 18.4. The van der Waals surface area contributed by atoms with Gasteiger partial charge in [0.15, 0.2) is 5.60 Å². The van der Waals surface area contributed by atoms with Gasteiger partial charge in [-0.1, -0.05) is 6.07 Å². The second-order valence-corrected chi connectivity index (χ2v) is 6.69. The summed E-state index contributed by atoms with van der Waals surface area (Å²) in [7, 11) is 0. The minimum atomic E-state index is -0.934. The van der Waals surface area contributed by atoms with Crippen molar-refractivity contribution in [1.29, 1.82) is 0 Å². The lowest BCUT2D eigenvalue weighted by molar-refractivity contribution is -0.132.